The van der Waals surface area contributed by atoms with Gasteiger partial charge in [0.2, 0.25) is 0 Å². The number of carbonyl (C=O) groups excluding carboxylic acids is 1. The summed E-state index contributed by atoms with van der Waals surface area (Å²) >= 11 is 1.32. The fraction of sp³-hybridized carbons (Fsp3) is 0.400. The van der Waals surface area contributed by atoms with Crippen LogP contribution in [-0.4, -0.2) is 57.3 Å². The summed E-state index contributed by atoms with van der Waals surface area (Å²) in [7, 11) is 0. The van der Waals surface area contributed by atoms with E-state index in [-0.39, 0.29) is 5.91 Å². The first-order chi connectivity index (χ1) is 13.9. The van der Waals surface area contributed by atoms with Gasteiger partial charge in [-0.15, -0.1) is 11.3 Å². The Morgan fingerprint density at radius 3 is 2.90 bits per heavy atom. The van der Waals surface area contributed by atoms with E-state index in [2.05, 4.69) is 9.88 Å². The second-order valence-electron chi connectivity index (χ2n) is 7.56. The highest BCUT2D eigenvalue weighted by atomic mass is 32.1. The van der Waals surface area contributed by atoms with Gasteiger partial charge in [0, 0.05) is 42.8 Å². The summed E-state index contributed by atoms with van der Waals surface area (Å²) in [5, 5.41) is 1.78. The summed E-state index contributed by atoms with van der Waals surface area (Å²) in [6.45, 7) is 3.42. The molecule has 1 aromatic carbocycles. The van der Waals surface area contributed by atoms with Gasteiger partial charge in [0.15, 0.2) is 4.96 Å². The lowest BCUT2D eigenvalue weighted by molar-refractivity contribution is -0.137. The van der Waals surface area contributed by atoms with Crippen LogP contribution in [0.5, 0.6) is 0 Å². The number of halogens is 3. The molecule has 0 bridgehead atoms. The third-order valence-corrected chi connectivity index (χ3v) is 6.63. The van der Waals surface area contributed by atoms with Crippen molar-refractivity contribution in [2.24, 2.45) is 0 Å². The van der Waals surface area contributed by atoms with Gasteiger partial charge in [-0.05, 0) is 31.5 Å². The minimum atomic E-state index is -4.41. The average Bonchev–Trinajstić information content (AvgIpc) is 3.41. The molecule has 0 unspecified atom stereocenters. The van der Waals surface area contributed by atoms with Gasteiger partial charge in [-0.25, -0.2) is 4.98 Å². The van der Waals surface area contributed by atoms with Crippen LogP contribution in [0.2, 0.25) is 0 Å². The van der Waals surface area contributed by atoms with Crippen LogP contribution in [0, 0.1) is 0 Å². The van der Waals surface area contributed by atoms with Crippen LogP contribution >= 0.6 is 11.3 Å². The standard InChI is InChI=1S/C20H19F3N4OS/c21-20(22,23)14-4-1-3-13(9-14)16-11-27-17(12-29-19(27)24-16)18(28)26-8-7-25-6-2-5-15(25)10-26/h1,3-4,9,11-12,15H,2,5-8,10H2/t15-/m0/s1. The molecule has 2 aliphatic rings. The van der Waals surface area contributed by atoms with Gasteiger partial charge in [-0.2, -0.15) is 13.2 Å². The fourth-order valence-electron chi connectivity index (χ4n) is 4.27. The fourth-order valence-corrected chi connectivity index (χ4v) is 5.12. The molecule has 2 aromatic heterocycles. The van der Waals surface area contributed by atoms with E-state index in [4.69, 9.17) is 0 Å². The number of thiazole rings is 1. The van der Waals surface area contributed by atoms with Gasteiger partial charge in [-0.3, -0.25) is 14.1 Å². The van der Waals surface area contributed by atoms with Crippen LogP contribution in [0.1, 0.15) is 28.9 Å². The summed E-state index contributed by atoms with van der Waals surface area (Å²) in [6, 6.07) is 5.54. The van der Waals surface area contributed by atoms with Crippen molar-refractivity contribution >= 4 is 22.2 Å². The molecular weight excluding hydrogens is 401 g/mol. The SMILES string of the molecule is O=C(c1csc2nc(-c3cccc(C(F)(F)F)c3)cn12)N1CCN2CCC[C@H]2C1. The molecule has 0 saturated carbocycles. The third kappa shape index (κ3) is 3.32. The number of amides is 1. The predicted octanol–water partition coefficient (Wildman–Crippen LogP) is 4.00. The topological polar surface area (TPSA) is 40.9 Å². The zero-order valence-electron chi connectivity index (χ0n) is 15.5. The van der Waals surface area contributed by atoms with Gasteiger partial charge in [0.25, 0.3) is 5.91 Å². The van der Waals surface area contributed by atoms with Crippen molar-refractivity contribution in [2.75, 3.05) is 26.2 Å². The summed E-state index contributed by atoms with van der Waals surface area (Å²) in [6.07, 6.45) is -0.456. The Balaban J connectivity index is 1.44. The largest absolute Gasteiger partial charge is 0.416 e. The van der Waals surface area contributed by atoms with Crippen molar-refractivity contribution in [1.29, 1.82) is 0 Å². The van der Waals surface area contributed by atoms with E-state index in [1.807, 2.05) is 4.90 Å². The molecular formula is C20H19F3N4OS. The van der Waals surface area contributed by atoms with Gasteiger partial charge in [-0.1, -0.05) is 12.1 Å². The molecule has 0 aliphatic carbocycles. The summed E-state index contributed by atoms with van der Waals surface area (Å²) in [4.78, 5) is 22.5. The van der Waals surface area contributed by atoms with Gasteiger partial charge in [0.05, 0.1) is 11.3 Å². The van der Waals surface area contributed by atoms with E-state index in [9.17, 15) is 18.0 Å². The molecule has 0 radical (unpaired) electrons. The highest BCUT2D eigenvalue weighted by Crippen LogP contribution is 2.33. The second-order valence-corrected chi connectivity index (χ2v) is 8.40. The number of aromatic nitrogens is 2. The Kier molecular flexibility index (Phi) is 4.40. The lowest BCUT2D eigenvalue weighted by Gasteiger charge is -2.37. The van der Waals surface area contributed by atoms with E-state index in [1.54, 1.807) is 22.0 Å². The molecule has 0 spiro atoms. The molecule has 9 heteroatoms. The Hall–Kier alpha value is -2.39. The number of hydrogen-bond acceptors (Lipinski definition) is 4. The van der Waals surface area contributed by atoms with Gasteiger partial charge in [0.1, 0.15) is 5.69 Å². The first kappa shape index (κ1) is 18.6. The quantitative estimate of drug-likeness (QED) is 0.629. The Bertz CT molecular complexity index is 1070. The van der Waals surface area contributed by atoms with E-state index in [0.717, 1.165) is 38.2 Å². The highest BCUT2D eigenvalue weighted by molar-refractivity contribution is 7.15. The molecule has 1 atom stereocenters. The molecule has 2 fully saturated rings. The van der Waals surface area contributed by atoms with Crippen molar-refractivity contribution in [3.8, 4) is 11.3 Å². The number of benzene rings is 1. The minimum Gasteiger partial charge on any atom is -0.334 e. The monoisotopic (exact) mass is 420 g/mol. The lowest BCUT2D eigenvalue weighted by Crippen LogP contribution is -2.52. The molecule has 1 amide bonds. The van der Waals surface area contributed by atoms with E-state index >= 15 is 0 Å². The average molecular weight is 420 g/mol. The molecule has 152 valence electrons. The number of piperazine rings is 1. The summed E-state index contributed by atoms with van der Waals surface area (Å²) in [5.74, 6) is -0.0456. The van der Waals surface area contributed by atoms with Crippen LogP contribution < -0.4 is 0 Å². The Morgan fingerprint density at radius 2 is 2.07 bits per heavy atom. The van der Waals surface area contributed by atoms with Gasteiger partial charge < -0.3 is 4.90 Å². The van der Waals surface area contributed by atoms with Crippen LogP contribution in [0.25, 0.3) is 16.2 Å². The number of carbonyl (C=O) groups is 1. The lowest BCUT2D eigenvalue weighted by atomic mass is 10.1. The van der Waals surface area contributed by atoms with Crippen molar-refractivity contribution in [1.82, 2.24) is 19.2 Å². The van der Waals surface area contributed by atoms with Gasteiger partial charge >= 0.3 is 6.18 Å². The minimum absolute atomic E-state index is 0.0456. The van der Waals surface area contributed by atoms with Crippen LogP contribution in [0.4, 0.5) is 13.2 Å². The first-order valence-electron chi connectivity index (χ1n) is 9.58. The molecule has 0 N–H and O–H groups in total. The van der Waals surface area contributed by atoms with Crippen molar-refractivity contribution in [3.05, 3.63) is 47.1 Å². The third-order valence-electron chi connectivity index (χ3n) is 5.79. The summed E-state index contributed by atoms with van der Waals surface area (Å²) in [5.41, 5.74) is 0.616. The maximum atomic E-state index is 13.1. The first-order valence-corrected chi connectivity index (χ1v) is 10.5. The second kappa shape index (κ2) is 6.84. The predicted molar refractivity (Wildman–Crippen MR) is 104 cm³/mol. The van der Waals surface area contributed by atoms with Crippen molar-refractivity contribution in [3.63, 3.8) is 0 Å². The number of hydrogen-bond donors (Lipinski definition) is 0. The maximum Gasteiger partial charge on any atom is 0.416 e. The van der Waals surface area contributed by atoms with Crippen LogP contribution in [-0.2, 0) is 6.18 Å². The number of fused-ring (bicyclic) bond motifs is 2. The number of rotatable bonds is 2. The zero-order chi connectivity index (χ0) is 20.2. The Labute approximate surface area is 169 Å². The molecule has 5 rings (SSSR count). The van der Waals surface area contributed by atoms with Crippen LogP contribution in [0.15, 0.2) is 35.8 Å². The summed E-state index contributed by atoms with van der Waals surface area (Å²) < 4.78 is 40.8. The maximum absolute atomic E-state index is 13.1. The van der Waals surface area contributed by atoms with Crippen molar-refractivity contribution in [2.45, 2.75) is 25.1 Å². The molecule has 3 aromatic rings. The van der Waals surface area contributed by atoms with E-state index in [1.165, 1.54) is 23.8 Å². The zero-order valence-corrected chi connectivity index (χ0v) is 16.3. The number of imidazole rings is 1. The normalized spacial score (nSPS) is 20.4. The highest BCUT2D eigenvalue weighted by Gasteiger charge is 2.34. The number of nitrogens with zero attached hydrogens (tertiary/aromatic N) is 4. The van der Waals surface area contributed by atoms with E-state index in [0.29, 0.717) is 34.5 Å². The molecule has 5 nitrogen and oxygen atoms in total. The Morgan fingerprint density at radius 1 is 1.21 bits per heavy atom. The molecule has 4 heterocycles. The van der Waals surface area contributed by atoms with E-state index < -0.39 is 11.7 Å². The van der Waals surface area contributed by atoms with Crippen molar-refractivity contribution < 1.29 is 18.0 Å². The number of alkyl halides is 3. The molecule has 2 saturated heterocycles. The molecule has 29 heavy (non-hydrogen) atoms. The smallest absolute Gasteiger partial charge is 0.334 e. The molecule has 2 aliphatic heterocycles. The van der Waals surface area contributed by atoms with Crippen LogP contribution in [0.3, 0.4) is 0 Å².